The van der Waals surface area contributed by atoms with Gasteiger partial charge in [-0.05, 0) is 42.8 Å². The summed E-state index contributed by atoms with van der Waals surface area (Å²) >= 11 is 0. The Balaban J connectivity index is 0.000000419. The lowest BCUT2D eigenvalue weighted by molar-refractivity contribution is 0.0975. The minimum Gasteiger partial charge on any atom is -0.507 e. The Morgan fingerprint density at radius 2 is 1.19 bits per heavy atom. The number of H-pyrrole nitrogens is 1. The van der Waals surface area contributed by atoms with Crippen molar-refractivity contribution in [1.29, 1.82) is 0 Å². The molecule has 1 aromatic heterocycles. The zero-order chi connectivity index (χ0) is 33.2. The van der Waals surface area contributed by atoms with Crippen LogP contribution < -0.4 is 31.6 Å². The van der Waals surface area contributed by atoms with Gasteiger partial charge in [0.1, 0.15) is 17.2 Å². The number of hydrogen-bond donors (Lipinski definition) is 9. The van der Waals surface area contributed by atoms with Gasteiger partial charge in [0.15, 0.2) is 0 Å². The number of pyridine rings is 1. The molecule has 260 valence electrons. The molecule has 0 bridgehead atoms. The molecule has 15 heteroatoms. The molecule has 4 aromatic rings. The number of aromatic hydroxyl groups is 2. The molecular formula is C33H41Cl2N5O8. The molecule has 0 amide bonds. The van der Waals surface area contributed by atoms with Crippen molar-refractivity contribution < 1.29 is 34.8 Å². The van der Waals surface area contributed by atoms with Crippen LogP contribution in [0, 0.1) is 6.92 Å². The van der Waals surface area contributed by atoms with E-state index < -0.39 is 11.6 Å². The van der Waals surface area contributed by atoms with Gasteiger partial charge >= 0.3 is 0 Å². The molecule has 0 saturated carbocycles. The van der Waals surface area contributed by atoms with Gasteiger partial charge in [-0.2, -0.15) is 0 Å². The number of carbonyl (C=O) groups excluding carboxylic acids is 2. The molecule has 1 heterocycles. The Bertz CT molecular complexity index is 1710. The van der Waals surface area contributed by atoms with Crippen LogP contribution in [-0.2, 0) is 0 Å². The monoisotopic (exact) mass is 705 g/mol. The number of para-hydroxylation sites is 1. The highest BCUT2D eigenvalue weighted by atomic mass is 35.5. The molecule has 0 aliphatic heterocycles. The third kappa shape index (κ3) is 8.95. The van der Waals surface area contributed by atoms with Crippen molar-refractivity contribution in [3.63, 3.8) is 0 Å². The van der Waals surface area contributed by atoms with Crippen molar-refractivity contribution in [2.45, 2.75) is 6.92 Å². The molecule has 5 rings (SSSR count). The van der Waals surface area contributed by atoms with Crippen molar-refractivity contribution in [3.05, 3.63) is 86.7 Å². The van der Waals surface area contributed by atoms with Crippen molar-refractivity contribution in [3.8, 4) is 17.2 Å². The van der Waals surface area contributed by atoms with Gasteiger partial charge in [0.2, 0.25) is 17.1 Å². The van der Waals surface area contributed by atoms with E-state index in [-0.39, 0.29) is 77.3 Å². The second kappa shape index (κ2) is 18.8. The normalized spacial score (nSPS) is 11.3. The molecular weight excluding hydrogens is 665 g/mol. The summed E-state index contributed by atoms with van der Waals surface area (Å²) in [5.74, 6) is -1.16. The first-order valence-corrected chi connectivity index (χ1v) is 14.8. The fourth-order valence-electron chi connectivity index (χ4n) is 5.23. The fourth-order valence-corrected chi connectivity index (χ4v) is 5.23. The summed E-state index contributed by atoms with van der Waals surface area (Å²) in [6, 6.07) is 13.0. The number of hydrogen-bond acceptors (Lipinski definition) is 12. The molecule has 13 nitrogen and oxygen atoms in total. The summed E-state index contributed by atoms with van der Waals surface area (Å²) in [7, 11) is 1.59. The van der Waals surface area contributed by atoms with Gasteiger partial charge in [0.05, 0.1) is 48.1 Å². The molecule has 3 aromatic carbocycles. The molecule has 1 aliphatic rings. The predicted molar refractivity (Wildman–Crippen MR) is 190 cm³/mol. The van der Waals surface area contributed by atoms with Gasteiger partial charge in [-0.25, -0.2) is 0 Å². The summed E-state index contributed by atoms with van der Waals surface area (Å²) in [6.45, 7) is 4.72. The summed E-state index contributed by atoms with van der Waals surface area (Å²) in [5, 5.41) is 51.6. The zero-order valence-corrected chi connectivity index (χ0v) is 28.1. The molecule has 0 fully saturated rings. The van der Waals surface area contributed by atoms with Crippen LogP contribution in [-0.4, -0.2) is 96.6 Å². The maximum atomic E-state index is 13.4. The average molecular weight is 707 g/mol. The van der Waals surface area contributed by atoms with Gasteiger partial charge in [0.25, 0.3) is 0 Å². The number of phenolic OH excluding ortho intramolecular Hbond substituents is 2. The standard InChI is InChI=1S/C22H28N4O6.C11H11NO2.2ClH/c27-11-9-23-5-7-25-13-1-2-14(26-8-6-24-10-12-28)18-17(13)21(31)19-15(29)3-4-16(30)20(19)22(18)32;1-7-6-10(13)12-11-8(7)4-3-5-9(11)14-2;;/h1-4,23-30H,5-12H2;3-6H,1-2H3,(H,12,13);2*1H. The number of fused-ring (bicyclic) bond motifs is 3. The van der Waals surface area contributed by atoms with Crippen LogP contribution in [0.5, 0.6) is 17.2 Å². The summed E-state index contributed by atoms with van der Waals surface area (Å²) in [5.41, 5.74) is 2.30. The molecule has 0 saturated heterocycles. The maximum Gasteiger partial charge on any atom is 0.248 e. The smallest absolute Gasteiger partial charge is 0.248 e. The van der Waals surface area contributed by atoms with Crippen LogP contribution >= 0.6 is 24.8 Å². The minimum atomic E-state index is -0.559. The number of benzene rings is 3. The first-order valence-electron chi connectivity index (χ1n) is 14.8. The van der Waals surface area contributed by atoms with E-state index in [1.807, 2.05) is 25.1 Å². The lowest BCUT2D eigenvalue weighted by Crippen LogP contribution is -2.28. The summed E-state index contributed by atoms with van der Waals surface area (Å²) in [4.78, 5) is 40.8. The number of aliphatic hydroxyl groups excluding tert-OH is 2. The predicted octanol–water partition coefficient (Wildman–Crippen LogP) is 2.55. The summed E-state index contributed by atoms with van der Waals surface area (Å²) < 4.78 is 5.17. The topological polar surface area (TPSA) is 205 Å². The first kappa shape index (κ1) is 39.8. The van der Waals surface area contributed by atoms with Crippen LogP contribution in [0.1, 0.15) is 37.4 Å². The van der Waals surface area contributed by atoms with E-state index in [9.17, 15) is 24.6 Å². The van der Waals surface area contributed by atoms with Crippen LogP contribution in [0.3, 0.4) is 0 Å². The Kier molecular flexibility index (Phi) is 15.6. The molecule has 9 N–H and O–H groups in total. The second-order valence-corrected chi connectivity index (χ2v) is 10.4. The number of methoxy groups -OCH3 is 1. The molecule has 0 unspecified atom stereocenters. The van der Waals surface area contributed by atoms with Crippen LogP contribution in [0.25, 0.3) is 10.9 Å². The summed E-state index contributed by atoms with van der Waals surface area (Å²) in [6.07, 6.45) is 0. The van der Waals surface area contributed by atoms with Crippen molar-refractivity contribution >= 4 is 58.7 Å². The lowest BCUT2D eigenvalue weighted by Gasteiger charge is -2.25. The minimum absolute atomic E-state index is 0. The Morgan fingerprint density at radius 1 is 0.688 bits per heavy atom. The van der Waals surface area contributed by atoms with Crippen molar-refractivity contribution in [1.82, 2.24) is 15.6 Å². The fraction of sp³-hybridized carbons (Fsp3) is 0.303. The number of nitrogens with one attached hydrogen (secondary N) is 5. The molecule has 48 heavy (non-hydrogen) atoms. The van der Waals surface area contributed by atoms with E-state index in [4.69, 9.17) is 14.9 Å². The van der Waals surface area contributed by atoms with Gasteiger partial charge < -0.3 is 51.4 Å². The Labute approximate surface area is 289 Å². The SMILES string of the molecule is COc1cccc2c(C)cc(=O)[nH]c12.Cl.Cl.O=C1c2c(O)ccc(O)c2C(=O)c2c(NCCNCCO)ccc(NCCNCCO)c21. The van der Waals surface area contributed by atoms with Crippen molar-refractivity contribution in [2.24, 2.45) is 0 Å². The average Bonchev–Trinajstić information content (AvgIpc) is 3.04. The van der Waals surface area contributed by atoms with Crippen molar-refractivity contribution in [2.75, 3.05) is 70.2 Å². The van der Waals surface area contributed by atoms with Crippen LogP contribution in [0.15, 0.2) is 53.3 Å². The van der Waals surface area contributed by atoms with E-state index in [0.717, 1.165) is 16.5 Å². The van der Waals surface area contributed by atoms with Gasteiger partial charge in [0, 0.05) is 62.1 Å². The number of ketones is 2. The number of anilines is 2. The van der Waals surface area contributed by atoms with E-state index >= 15 is 0 Å². The number of aromatic nitrogens is 1. The number of ether oxygens (including phenoxy) is 1. The molecule has 0 radical (unpaired) electrons. The number of halogens is 2. The zero-order valence-electron chi connectivity index (χ0n) is 26.5. The number of phenols is 2. The van der Waals surface area contributed by atoms with Gasteiger partial charge in [-0.15, -0.1) is 24.8 Å². The van der Waals surface area contributed by atoms with Gasteiger partial charge in [-0.3, -0.25) is 14.4 Å². The highest BCUT2D eigenvalue weighted by molar-refractivity contribution is 6.33. The van der Waals surface area contributed by atoms with E-state index in [1.165, 1.54) is 12.1 Å². The third-order valence-corrected chi connectivity index (χ3v) is 7.35. The van der Waals surface area contributed by atoms with E-state index in [2.05, 4.69) is 26.3 Å². The van der Waals surface area contributed by atoms with Gasteiger partial charge in [-0.1, -0.05) is 12.1 Å². The number of aromatic amines is 1. The number of aryl methyl sites for hydroxylation is 1. The first-order chi connectivity index (χ1) is 22.2. The highest BCUT2D eigenvalue weighted by Crippen LogP contribution is 2.42. The van der Waals surface area contributed by atoms with Crippen LogP contribution in [0.2, 0.25) is 0 Å². The van der Waals surface area contributed by atoms with E-state index in [1.54, 1.807) is 25.3 Å². The molecule has 0 atom stereocenters. The molecule has 1 aliphatic carbocycles. The molecule has 0 spiro atoms. The Morgan fingerprint density at radius 3 is 1.65 bits per heavy atom. The highest BCUT2D eigenvalue weighted by Gasteiger charge is 2.37. The third-order valence-electron chi connectivity index (χ3n) is 7.35. The number of carbonyl (C=O) groups is 2. The Hall–Kier alpha value is -4.37. The lowest BCUT2D eigenvalue weighted by atomic mass is 9.81. The largest absolute Gasteiger partial charge is 0.507 e. The number of rotatable bonds is 13. The second-order valence-electron chi connectivity index (χ2n) is 10.4. The van der Waals surface area contributed by atoms with Crippen LogP contribution in [0.4, 0.5) is 11.4 Å². The van der Waals surface area contributed by atoms with E-state index in [0.29, 0.717) is 56.4 Å². The maximum absolute atomic E-state index is 13.4. The quantitative estimate of drug-likeness (QED) is 0.0640. The number of aliphatic hydroxyl groups is 2.